The lowest BCUT2D eigenvalue weighted by atomic mass is 9.77. The number of urea groups is 1. The molecule has 0 aliphatic heterocycles. The molecule has 0 spiro atoms. The summed E-state index contributed by atoms with van der Waals surface area (Å²) in [6.45, 7) is -0.00401. The lowest BCUT2D eigenvalue weighted by Crippen LogP contribution is -2.57. The number of hydrogen-bond donors (Lipinski definition) is 3. The first-order chi connectivity index (χ1) is 9.72. The molecule has 0 unspecified atom stereocenters. The molecule has 3 N–H and O–H groups in total. The fourth-order valence-electron chi connectivity index (χ4n) is 2.66. The smallest absolute Gasteiger partial charge is 0.319 e. The molecule has 20 heavy (non-hydrogen) atoms. The summed E-state index contributed by atoms with van der Waals surface area (Å²) in [7, 11) is 0. The molecule has 4 heteroatoms. The van der Waals surface area contributed by atoms with Crippen LogP contribution in [0.25, 0.3) is 10.8 Å². The lowest BCUT2D eigenvalue weighted by Gasteiger charge is -2.40. The third-order valence-electron chi connectivity index (χ3n) is 4.03. The van der Waals surface area contributed by atoms with Crippen LogP contribution in [0.1, 0.15) is 19.3 Å². The fraction of sp³-hybridized carbons (Fsp3) is 0.312. The number of rotatable bonds is 3. The van der Waals surface area contributed by atoms with Gasteiger partial charge in [-0.25, -0.2) is 4.79 Å². The van der Waals surface area contributed by atoms with Gasteiger partial charge in [0.1, 0.15) is 0 Å². The zero-order valence-corrected chi connectivity index (χ0v) is 11.2. The highest BCUT2D eigenvalue weighted by Gasteiger charge is 2.37. The summed E-state index contributed by atoms with van der Waals surface area (Å²) in [5.41, 5.74) is 0.363. The van der Waals surface area contributed by atoms with Crippen LogP contribution in [0.2, 0.25) is 0 Å². The van der Waals surface area contributed by atoms with Crippen molar-refractivity contribution in [3.05, 3.63) is 42.5 Å². The minimum Gasteiger partial charge on any atom is -0.394 e. The monoisotopic (exact) mass is 270 g/mol. The van der Waals surface area contributed by atoms with Crippen LogP contribution in [-0.2, 0) is 0 Å². The van der Waals surface area contributed by atoms with E-state index in [1.165, 1.54) is 0 Å². The maximum Gasteiger partial charge on any atom is 0.319 e. The predicted molar refractivity (Wildman–Crippen MR) is 79.8 cm³/mol. The van der Waals surface area contributed by atoms with Crippen LogP contribution in [0.15, 0.2) is 42.5 Å². The number of nitrogens with one attached hydrogen (secondary N) is 2. The minimum atomic E-state index is -0.422. The van der Waals surface area contributed by atoms with Crippen LogP contribution in [0.4, 0.5) is 10.5 Å². The Kier molecular flexibility index (Phi) is 3.32. The second kappa shape index (κ2) is 5.13. The van der Waals surface area contributed by atoms with Crippen molar-refractivity contribution in [2.24, 2.45) is 0 Å². The van der Waals surface area contributed by atoms with Gasteiger partial charge in [0.25, 0.3) is 0 Å². The molecule has 1 aliphatic rings. The number of fused-ring (bicyclic) bond motifs is 1. The summed E-state index contributed by atoms with van der Waals surface area (Å²) in [6, 6.07) is 13.5. The molecule has 0 aromatic heterocycles. The Bertz CT molecular complexity index is 624. The van der Waals surface area contributed by atoms with Crippen molar-refractivity contribution < 1.29 is 9.90 Å². The van der Waals surface area contributed by atoms with Crippen LogP contribution < -0.4 is 10.6 Å². The van der Waals surface area contributed by atoms with Gasteiger partial charge in [-0.1, -0.05) is 36.4 Å². The van der Waals surface area contributed by atoms with Gasteiger partial charge in [0, 0.05) is 5.39 Å². The molecule has 0 bridgehead atoms. The van der Waals surface area contributed by atoms with Gasteiger partial charge in [-0.3, -0.25) is 0 Å². The number of carbonyl (C=O) groups is 1. The molecule has 4 nitrogen and oxygen atoms in total. The van der Waals surface area contributed by atoms with E-state index in [1.54, 1.807) is 0 Å². The van der Waals surface area contributed by atoms with Crippen molar-refractivity contribution in [3.8, 4) is 0 Å². The van der Waals surface area contributed by atoms with E-state index in [9.17, 15) is 9.90 Å². The molecule has 0 heterocycles. The van der Waals surface area contributed by atoms with E-state index in [0.717, 1.165) is 35.7 Å². The number of benzene rings is 2. The zero-order chi connectivity index (χ0) is 14.0. The average Bonchev–Trinajstić information content (AvgIpc) is 2.43. The molecule has 3 rings (SSSR count). The molecule has 104 valence electrons. The van der Waals surface area contributed by atoms with Gasteiger partial charge in [0.2, 0.25) is 0 Å². The van der Waals surface area contributed by atoms with Gasteiger partial charge in [0.05, 0.1) is 17.8 Å². The molecule has 1 fully saturated rings. The van der Waals surface area contributed by atoms with Crippen LogP contribution in [0.3, 0.4) is 0 Å². The number of aliphatic hydroxyl groups is 1. The van der Waals surface area contributed by atoms with Gasteiger partial charge in [0.15, 0.2) is 0 Å². The second-order valence-corrected chi connectivity index (χ2v) is 5.40. The molecule has 2 aromatic rings. The molecule has 0 saturated heterocycles. The standard InChI is InChI=1S/C16H18N2O2/c19-11-16(9-4-10-16)18-15(20)17-14-8-3-6-12-5-1-2-7-13(12)14/h1-3,5-8,19H,4,9-11H2,(H2,17,18,20). The Balaban J connectivity index is 1.77. The van der Waals surface area contributed by atoms with Gasteiger partial charge >= 0.3 is 6.03 Å². The largest absolute Gasteiger partial charge is 0.394 e. The van der Waals surface area contributed by atoms with Crippen LogP contribution >= 0.6 is 0 Å². The predicted octanol–water partition coefficient (Wildman–Crippen LogP) is 2.88. The summed E-state index contributed by atoms with van der Waals surface area (Å²) >= 11 is 0. The van der Waals surface area contributed by atoms with Crippen molar-refractivity contribution in [1.29, 1.82) is 0 Å². The molecule has 0 radical (unpaired) electrons. The van der Waals surface area contributed by atoms with Crippen molar-refractivity contribution >= 4 is 22.5 Å². The van der Waals surface area contributed by atoms with Gasteiger partial charge in [-0.05, 0) is 30.7 Å². The Hall–Kier alpha value is -2.07. The van der Waals surface area contributed by atoms with E-state index in [2.05, 4.69) is 10.6 Å². The van der Waals surface area contributed by atoms with E-state index in [-0.39, 0.29) is 12.6 Å². The van der Waals surface area contributed by atoms with E-state index in [1.807, 2.05) is 42.5 Å². The molecule has 0 atom stereocenters. The normalized spacial score (nSPS) is 16.4. The van der Waals surface area contributed by atoms with Crippen molar-refractivity contribution in [2.75, 3.05) is 11.9 Å². The fourth-order valence-corrected chi connectivity index (χ4v) is 2.66. The second-order valence-electron chi connectivity index (χ2n) is 5.40. The summed E-state index contributed by atoms with van der Waals surface area (Å²) in [5, 5.41) is 17.3. The van der Waals surface area contributed by atoms with E-state index in [0.29, 0.717) is 0 Å². The quantitative estimate of drug-likeness (QED) is 0.803. The first-order valence-electron chi connectivity index (χ1n) is 6.90. The van der Waals surface area contributed by atoms with E-state index < -0.39 is 5.54 Å². The topological polar surface area (TPSA) is 61.4 Å². The SMILES string of the molecule is O=C(Nc1cccc2ccccc12)NC1(CO)CCC1. The van der Waals surface area contributed by atoms with Crippen LogP contribution in [0.5, 0.6) is 0 Å². The maximum absolute atomic E-state index is 12.1. The van der Waals surface area contributed by atoms with Gasteiger partial charge in [-0.2, -0.15) is 0 Å². The third-order valence-corrected chi connectivity index (χ3v) is 4.03. The minimum absolute atomic E-state index is 0.00401. The molecular weight excluding hydrogens is 252 g/mol. The zero-order valence-electron chi connectivity index (χ0n) is 11.2. The first kappa shape index (κ1) is 12.9. The highest BCUT2D eigenvalue weighted by atomic mass is 16.3. The van der Waals surface area contributed by atoms with E-state index in [4.69, 9.17) is 0 Å². The summed E-state index contributed by atoms with van der Waals surface area (Å²) in [6.07, 6.45) is 2.73. The Morgan fingerprint density at radius 1 is 1.15 bits per heavy atom. The average molecular weight is 270 g/mol. The molecular formula is C16H18N2O2. The van der Waals surface area contributed by atoms with Crippen LogP contribution in [0, 0.1) is 0 Å². The summed E-state index contributed by atoms with van der Waals surface area (Å²) < 4.78 is 0. The third kappa shape index (κ3) is 2.34. The summed E-state index contributed by atoms with van der Waals surface area (Å²) in [5.74, 6) is 0. The molecule has 1 saturated carbocycles. The molecule has 2 amide bonds. The highest BCUT2D eigenvalue weighted by Crippen LogP contribution is 2.31. The van der Waals surface area contributed by atoms with Crippen molar-refractivity contribution in [2.45, 2.75) is 24.8 Å². The Labute approximate surface area is 117 Å². The van der Waals surface area contributed by atoms with Crippen LogP contribution in [-0.4, -0.2) is 23.3 Å². The Morgan fingerprint density at radius 2 is 1.90 bits per heavy atom. The first-order valence-corrected chi connectivity index (χ1v) is 6.90. The van der Waals surface area contributed by atoms with Gasteiger partial charge in [-0.15, -0.1) is 0 Å². The molecule has 2 aromatic carbocycles. The van der Waals surface area contributed by atoms with E-state index >= 15 is 0 Å². The number of amides is 2. The molecule has 1 aliphatic carbocycles. The van der Waals surface area contributed by atoms with Gasteiger partial charge < -0.3 is 15.7 Å². The Morgan fingerprint density at radius 3 is 2.60 bits per heavy atom. The highest BCUT2D eigenvalue weighted by molar-refractivity contribution is 6.01. The number of anilines is 1. The number of aliphatic hydroxyl groups excluding tert-OH is 1. The lowest BCUT2D eigenvalue weighted by molar-refractivity contribution is 0.0984. The number of hydrogen-bond acceptors (Lipinski definition) is 2. The maximum atomic E-state index is 12.1. The van der Waals surface area contributed by atoms with Crippen molar-refractivity contribution in [1.82, 2.24) is 5.32 Å². The number of carbonyl (C=O) groups excluding carboxylic acids is 1. The summed E-state index contributed by atoms with van der Waals surface area (Å²) in [4.78, 5) is 12.1. The van der Waals surface area contributed by atoms with Crippen molar-refractivity contribution in [3.63, 3.8) is 0 Å².